The summed E-state index contributed by atoms with van der Waals surface area (Å²) in [6.07, 6.45) is 2.09. The number of ether oxygens (including phenoxy) is 1. The first-order chi connectivity index (χ1) is 10.2. The highest BCUT2D eigenvalue weighted by atomic mass is 16.6. The Morgan fingerprint density at radius 1 is 1.67 bits per heavy atom. The largest absolute Gasteiger partial charge is 0.394 e. The number of nitro groups is 1. The molecule has 1 aliphatic rings. The molecule has 0 amide bonds. The van der Waals surface area contributed by atoms with Crippen molar-refractivity contribution in [3.05, 3.63) is 16.3 Å². The number of morpholine rings is 1. The fraction of sp³-hybridized carbons (Fsp3) is 0.667. The quantitative estimate of drug-likeness (QED) is 0.573. The van der Waals surface area contributed by atoms with Gasteiger partial charge in [0.1, 0.15) is 6.20 Å². The maximum atomic E-state index is 11.2. The Morgan fingerprint density at radius 3 is 3.14 bits per heavy atom. The number of aromatic nitrogens is 2. The van der Waals surface area contributed by atoms with E-state index in [1.165, 1.54) is 6.20 Å². The van der Waals surface area contributed by atoms with Crippen LogP contribution >= 0.6 is 0 Å². The summed E-state index contributed by atoms with van der Waals surface area (Å²) >= 11 is 0. The Balaban J connectivity index is 2.34. The van der Waals surface area contributed by atoms with Crippen molar-refractivity contribution in [1.29, 1.82) is 0 Å². The number of hydrogen-bond acceptors (Lipinski definition) is 8. The van der Waals surface area contributed by atoms with Crippen LogP contribution in [0.3, 0.4) is 0 Å². The van der Waals surface area contributed by atoms with E-state index in [9.17, 15) is 15.2 Å². The van der Waals surface area contributed by atoms with Gasteiger partial charge in [-0.2, -0.15) is 4.98 Å². The van der Waals surface area contributed by atoms with Gasteiger partial charge in [-0.05, 0) is 6.42 Å². The van der Waals surface area contributed by atoms with Gasteiger partial charge in [0, 0.05) is 13.1 Å². The van der Waals surface area contributed by atoms with E-state index < -0.39 is 4.92 Å². The third-order valence-corrected chi connectivity index (χ3v) is 3.19. The average Bonchev–Trinajstić information content (AvgIpc) is 2.52. The molecule has 0 aliphatic carbocycles. The minimum atomic E-state index is -0.511. The minimum absolute atomic E-state index is 0.154. The molecule has 1 fully saturated rings. The van der Waals surface area contributed by atoms with Crippen molar-refractivity contribution in [1.82, 2.24) is 9.97 Å². The van der Waals surface area contributed by atoms with Gasteiger partial charge >= 0.3 is 5.69 Å². The second kappa shape index (κ2) is 7.14. The molecule has 2 N–H and O–H groups in total. The first-order valence-corrected chi connectivity index (χ1v) is 6.88. The third-order valence-electron chi connectivity index (χ3n) is 3.19. The number of nitrogens with one attached hydrogen (secondary N) is 1. The topological polar surface area (TPSA) is 114 Å². The van der Waals surface area contributed by atoms with E-state index in [4.69, 9.17) is 4.74 Å². The smallest absolute Gasteiger partial charge is 0.329 e. The van der Waals surface area contributed by atoms with Crippen molar-refractivity contribution < 1.29 is 14.8 Å². The van der Waals surface area contributed by atoms with Crippen LogP contribution in [0.15, 0.2) is 6.20 Å². The van der Waals surface area contributed by atoms with E-state index in [-0.39, 0.29) is 24.2 Å². The summed E-state index contributed by atoms with van der Waals surface area (Å²) in [7, 11) is 0. The van der Waals surface area contributed by atoms with E-state index in [2.05, 4.69) is 15.3 Å². The molecular weight excluding hydrogens is 278 g/mol. The van der Waals surface area contributed by atoms with Crippen LogP contribution in [0.5, 0.6) is 0 Å². The summed E-state index contributed by atoms with van der Waals surface area (Å²) in [5.41, 5.74) is -0.169. The zero-order chi connectivity index (χ0) is 15.2. The molecular formula is C12H19N5O4. The van der Waals surface area contributed by atoms with Crippen LogP contribution in [0.1, 0.15) is 13.3 Å². The average molecular weight is 297 g/mol. The molecule has 0 radical (unpaired) electrons. The Labute approximate surface area is 122 Å². The summed E-state index contributed by atoms with van der Waals surface area (Å²) in [5.74, 6) is 0.566. The molecule has 9 heteroatoms. The SMILES string of the molecule is CCCNc1ncc([N+](=O)[O-])c(N2CCOCC2CO)n1. The molecule has 0 bridgehead atoms. The summed E-state index contributed by atoms with van der Waals surface area (Å²) in [6.45, 7) is 3.73. The maximum Gasteiger partial charge on any atom is 0.329 e. The molecule has 0 spiro atoms. The highest BCUT2D eigenvalue weighted by Crippen LogP contribution is 2.28. The second-order valence-corrected chi connectivity index (χ2v) is 4.69. The van der Waals surface area contributed by atoms with Crippen molar-refractivity contribution in [2.75, 3.05) is 43.1 Å². The Hall–Kier alpha value is -2.00. The fourth-order valence-corrected chi connectivity index (χ4v) is 2.11. The molecule has 1 atom stereocenters. The lowest BCUT2D eigenvalue weighted by atomic mass is 10.2. The molecule has 2 heterocycles. The van der Waals surface area contributed by atoms with Crippen molar-refractivity contribution in [3.8, 4) is 0 Å². The molecule has 1 aromatic heterocycles. The summed E-state index contributed by atoms with van der Waals surface area (Å²) in [4.78, 5) is 20.6. The summed E-state index contributed by atoms with van der Waals surface area (Å²) < 4.78 is 5.29. The molecule has 0 aromatic carbocycles. The Bertz CT molecular complexity index is 499. The number of anilines is 2. The van der Waals surface area contributed by atoms with Crippen LogP contribution in [-0.4, -0.2) is 58.9 Å². The van der Waals surface area contributed by atoms with Crippen LogP contribution < -0.4 is 10.2 Å². The molecule has 0 saturated carbocycles. The standard InChI is InChI=1S/C12H19N5O4/c1-2-3-13-12-14-6-10(17(19)20)11(15-12)16-4-5-21-8-9(16)7-18/h6,9,18H,2-5,7-8H2,1H3,(H,13,14,15). The van der Waals surface area contributed by atoms with Gasteiger partial charge in [0.05, 0.1) is 30.8 Å². The highest BCUT2D eigenvalue weighted by molar-refractivity contribution is 5.59. The second-order valence-electron chi connectivity index (χ2n) is 4.69. The van der Waals surface area contributed by atoms with Crippen LogP contribution in [0.2, 0.25) is 0 Å². The normalized spacial score (nSPS) is 18.6. The van der Waals surface area contributed by atoms with Gasteiger partial charge in [0.25, 0.3) is 0 Å². The van der Waals surface area contributed by atoms with Gasteiger partial charge in [0.2, 0.25) is 11.8 Å². The van der Waals surface area contributed by atoms with Gasteiger partial charge in [-0.3, -0.25) is 10.1 Å². The lowest BCUT2D eigenvalue weighted by Gasteiger charge is -2.34. The van der Waals surface area contributed by atoms with E-state index in [0.29, 0.717) is 32.3 Å². The molecule has 21 heavy (non-hydrogen) atoms. The molecule has 2 rings (SSSR count). The molecule has 1 aliphatic heterocycles. The van der Waals surface area contributed by atoms with Gasteiger partial charge in [-0.25, -0.2) is 4.98 Å². The molecule has 116 valence electrons. The van der Waals surface area contributed by atoms with Crippen LogP contribution in [0.4, 0.5) is 17.5 Å². The predicted octanol–water partition coefficient (Wildman–Crippen LogP) is 0.404. The zero-order valence-electron chi connectivity index (χ0n) is 11.9. The fourth-order valence-electron chi connectivity index (χ4n) is 2.11. The zero-order valence-corrected chi connectivity index (χ0v) is 11.9. The van der Waals surface area contributed by atoms with E-state index >= 15 is 0 Å². The Morgan fingerprint density at radius 2 is 2.48 bits per heavy atom. The lowest BCUT2D eigenvalue weighted by Crippen LogP contribution is -2.48. The summed E-state index contributed by atoms with van der Waals surface area (Å²) in [6, 6.07) is -0.341. The first kappa shape index (κ1) is 15.4. The Kier molecular flexibility index (Phi) is 5.23. The van der Waals surface area contributed by atoms with Crippen LogP contribution in [-0.2, 0) is 4.74 Å². The summed E-state index contributed by atoms with van der Waals surface area (Å²) in [5, 5.41) is 23.6. The molecule has 1 aromatic rings. The van der Waals surface area contributed by atoms with Crippen LogP contribution in [0.25, 0.3) is 0 Å². The number of rotatable bonds is 6. The predicted molar refractivity (Wildman–Crippen MR) is 76.5 cm³/mol. The van der Waals surface area contributed by atoms with E-state index in [1.807, 2.05) is 6.92 Å². The number of hydrogen-bond donors (Lipinski definition) is 2. The molecule has 1 saturated heterocycles. The minimum Gasteiger partial charge on any atom is -0.394 e. The highest BCUT2D eigenvalue weighted by Gasteiger charge is 2.30. The lowest BCUT2D eigenvalue weighted by molar-refractivity contribution is -0.384. The monoisotopic (exact) mass is 297 g/mol. The van der Waals surface area contributed by atoms with E-state index in [1.54, 1.807) is 4.90 Å². The first-order valence-electron chi connectivity index (χ1n) is 6.88. The van der Waals surface area contributed by atoms with Gasteiger partial charge in [-0.1, -0.05) is 6.92 Å². The van der Waals surface area contributed by atoms with Crippen molar-refractivity contribution >= 4 is 17.5 Å². The van der Waals surface area contributed by atoms with Gasteiger partial charge < -0.3 is 20.1 Å². The van der Waals surface area contributed by atoms with E-state index in [0.717, 1.165) is 6.42 Å². The van der Waals surface area contributed by atoms with Gasteiger partial charge in [0.15, 0.2) is 0 Å². The molecule has 9 nitrogen and oxygen atoms in total. The maximum absolute atomic E-state index is 11.2. The van der Waals surface area contributed by atoms with Crippen molar-refractivity contribution in [2.45, 2.75) is 19.4 Å². The molecule has 1 unspecified atom stereocenters. The van der Waals surface area contributed by atoms with Crippen LogP contribution in [0, 0.1) is 10.1 Å². The van der Waals surface area contributed by atoms with Crippen molar-refractivity contribution in [2.24, 2.45) is 0 Å². The number of nitrogens with zero attached hydrogens (tertiary/aromatic N) is 4. The number of aliphatic hydroxyl groups excluding tert-OH is 1. The third kappa shape index (κ3) is 3.56. The van der Waals surface area contributed by atoms with Crippen molar-refractivity contribution in [3.63, 3.8) is 0 Å². The number of aliphatic hydroxyl groups is 1. The van der Waals surface area contributed by atoms with Gasteiger partial charge in [-0.15, -0.1) is 0 Å².